The van der Waals surface area contributed by atoms with Gasteiger partial charge in [0, 0.05) is 23.9 Å². The molecule has 0 fully saturated rings. The van der Waals surface area contributed by atoms with E-state index < -0.39 is 4.92 Å². The van der Waals surface area contributed by atoms with E-state index in [9.17, 15) is 19.3 Å². The predicted molar refractivity (Wildman–Crippen MR) is 105 cm³/mol. The molecule has 0 spiro atoms. The summed E-state index contributed by atoms with van der Waals surface area (Å²) < 4.78 is 18.2. The summed E-state index contributed by atoms with van der Waals surface area (Å²) in [5, 5.41) is 17.0. The zero-order valence-corrected chi connectivity index (χ0v) is 16.3. The second kappa shape index (κ2) is 9.27. The Bertz CT molecular complexity index is 853. The molecule has 1 amide bonds. The van der Waals surface area contributed by atoms with Gasteiger partial charge in [-0.15, -0.1) is 0 Å². The molecule has 1 atom stereocenters. The molecule has 2 N–H and O–H groups in total. The van der Waals surface area contributed by atoms with Crippen LogP contribution < -0.4 is 15.4 Å². The van der Waals surface area contributed by atoms with E-state index in [4.69, 9.17) is 4.74 Å². The number of nitrogens with zero attached hydrogens (tertiary/aromatic N) is 1. The zero-order valence-electron chi connectivity index (χ0n) is 16.3. The van der Waals surface area contributed by atoms with E-state index in [1.54, 1.807) is 19.1 Å². The van der Waals surface area contributed by atoms with Gasteiger partial charge in [-0.3, -0.25) is 14.9 Å². The minimum Gasteiger partial charge on any atom is -0.490 e. The van der Waals surface area contributed by atoms with Crippen molar-refractivity contribution in [3.8, 4) is 5.75 Å². The molecule has 0 radical (unpaired) electrons. The maximum Gasteiger partial charge on any atom is 0.311 e. The molecule has 8 heteroatoms. The first-order chi connectivity index (χ1) is 13.2. The van der Waals surface area contributed by atoms with E-state index in [1.807, 2.05) is 13.8 Å². The van der Waals surface area contributed by atoms with Gasteiger partial charge in [0.1, 0.15) is 5.82 Å². The van der Waals surface area contributed by atoms with Gasteiger partial charge in [-0.25, -0.2) is 4.39 Å². The number of nitro groups is 1. The van der Waals surface area contributed by atoms with E-state index in [2.05, 4.69) is 10.6 Å². The van der Waals surface area contributed by atoms with Gasteiger partial charge in [-0.05, 0) is 36.1 Å². The number of carbonyl (C=O) groups excluding carboxylic acids is 1. The number of nitrogens with one attached hydrogen (secondary N) is 2. The van der Waals surface area contributed by atoms with Crippen LogP contribution in [0.15, 0.2) is 36.4 Å². The average Bonchev–Trinajstić information content (AvgIpc) is 2.64. The highest BCUT2D eigenvalue weighted by Gasteiger charge is 2.20. The van der Waals surface area contributed by atoms with Crippen LogP contribution in [0.2, 0.25) is 0 Å². The molecule has 28 heavy (non-hydrogen) atoms. The lowest BCUT2D eigenvalue weighted by Crippen LogP contribution is -2.33. The van der Waals surface area contributed by atoms with Crippen molar-refractivity contribution in [2.45, 2.75) is 26.8 Å². The Morgan fingerprint density at radius 3 is 2.43 bits per heavy atom. The molecule has 150 valence electrons. The van der Waals surface area contributed by atoms with Crippen molar-refractivity contribution >= 4 is 17.3 Å². The fourth-order valence-corrected chi connectivity index (χ4v) is 2.92. The molecule has 0 heterocycles. The van der Waals surface area contributed by atoms with Crippen molar-refractivity contribution in [1.82, 2.24) is 5.32 Å². The largest absolute Gasteiger partial charge is 0.490 e. The number of halogens is 1. The summed E-state index contributed by atoms with van der Waals surface area (Å²) in [6, 6.07) is 8.83. The Labute approximate surface area is 163 Å². The minimum absolute atomic E-state index is 0.0268. The molecule has 0 aliphatic heterocycles. The number of rotatable bonds is 8. The van der Waals surface area contributed by atoms with Crippen molar-refractivity contribution < 1.29 is 18.8 Å². The number of methoxy groups -OCH3 is 1. The summed E-state index contributed by atoms with van der Waals surface area (Å²) >= 11 is 0. The molecule has 0 aromatic heterocycles. The second-order valence-corrected chi connectivity index (χ2v) is 6.80. The summed E-state index contributed by atoms with van der Waals surface area (Å²) in [6.07, 6.45) is 0. The van der Waals surface area contributed by atoms with Crippen LogP contribution in [0.5, 0.6) is 5.75 Å². The van der Waals surface area contributed by atoms with Gasteiger partial charge in [-0.1, -0.05) is 26.0 Å². The summed E-state index contributed by atoms with van der Waals surface area (Å²) in [7, 11) is 1.33. The third kappa shape index (κ3) is 5.26. The monoisotopic (exact) mass is 389 g/mol. The third-order valence-corrected chi connectivity index (χ3v) is 4.37. The van der Waals surface area contributed by atoms with Gasteiger partial charge in [0.05, 0.1) is 18.6 Å². The molecule has 2 rings (SSSR count). The van der Waals surface area contributed by atoms with Crippen LogP contribution >= 0.6 is 0 Å². The predicted octanol–water partition coefficient (Wildman–Crippen LogP) is 3.98. The second-order valence-electron chi connectivity index (χ2n) is 6.80. The van der Waals surface area contributed by atoms with Crippen molar-refractivity contribution in [3.05, 3.63) is 63.5 Å². The molecular formula is C20H24FN3O4. The minimum atomic E-state index is -0.533. The van der Waals surface area contributed by atoms with E-state index in [-0.39, 0.29) is 41.7 Å². The van der Waals surface area contributed by atoms with E-state index >= 15 is 0 Å². The quantitative estimate of drug-likeness (QED) is 0.526. The number of hydrogen-bond acceptors (Lipinski definition) is 5. The Morgan fingerprint density at radius 2 is 1.89 bits per heavy atom. The van der Waals surface area contributed by atoms with Crippen molar-refractivity contribution in [2.75, 3.05) is 19.0 Å². The van der Waals surface area contributed by atoms with Crippen LogP contribution in [0.25, 0.3) is 0 Å². The van der Waals surface area contributed by atoms with Gasteiger partial charge >= 0.3 is 5.69 Å². The Hall–Kier alpha value is -3.00. The Kier molecular flexibility index (Phi) is 7.06. The van der Waals surface area contributed by atoms with E-state index in [0.29, 0.717) is 11.3 Å². The van der Waals surface area contributed by atoms with Crippen molar-refractivity contribution in [1.29, 1.82) is 0 Å². The van der Waals surface area contributed by atoms with Crippen LogP contribution in [0, 0.1) is 28.8 Å². The highest BCUT2D eigenvalue weighted by atomic mass is 19.1. The van der Waals surface area contributed by atoms with E-state index in [1.165, 1.54) is 31.4 Å². The zero-order chi connectivity index (χ0) is 20.8. The first-order valence-electron chi connectivity index (χ1n) is 8.84. The van der Waals surface area contributed by atoms with Crippen LogP contribution in [0.4, 0.5) is 15.8 Å². The van der Waals surface area contributed by atoms with Crippen LogP contribution in [0.1, 0.15) is 31.0 Å². The standard InChI is InChI=1S/C20H24FN3O4/c1-12(2)20(14-5-7-15(21)8-6-14)22-11-19(25)23-16-10-18(28-4)17(24(26)27)9-13(16)3/h5-10,12,20,22H,11H2,1-4H3,(H,23,25)/t20-/m1/s1. The van der Waals surface area contributed by atoms with E-state index in [0.717, 1.165) is 5.56 Å². The normalized spacial score (nSPS) is 11.9. The lowest BCUT2D eigenvalue weighted by molar-refractivity contribution is -0.385. The number of amides is 1. The molecular weight excluding hydrogens is 365 g/mol. The molecule has 0 aliphatic carbocycles. The van der Waals surface area contributed by atoms with Gasteiger partial charge in [0.25, 0.3) is 0 Å². The SMILES string of the molecule is COc1cc(NC(=O)CN[C@@H](c2ccc(F)cc2)C(C)C)c(C)cc1[N+](=O)[O-]. The highest BCUT2D eigenvalue weighted by Crippen LogP contribution is 2.32. The smallest absolute Gasteiger partial charge is 0.311 e. The highest BCUT2D eigenvalue weighted by molar-refractivity contribution is 5.93. The lowest BCUT2D eigenvalue weighted by atomic mass is 9.96. The lowest BCUT2D eigenvalue weighted by Gasteiger charge is -2.23. The average molecular weight is 389 g/mol. The Morgan fingerprint density at radius 1 is 1.25 bits per heavy atom. The van der Waals surface area contributed by atoms with Crippen LogP contribution in [-0.2, 0) is 4.79 Å². The maximum absolute atomic E-state index is 13.1. The fourth-order valence-electron chi connectivity index (χ4n) is 2.92. The Balaban J connectivity index is 2.08. The van der Waals surface area contributed by atoms with Gasteiger partial charge in [0.2, 0.25) is 5.91 Å². The molecule has 0 saturated heterocycles. The summed E-state index contributed by atoms with van der Waals surface area (Å²) in [4.78, 5) is 22.9. The number of ether oxygens (including phenoxy) is 1. The molecule has 0 unspecified atom stereocenters. The van der Waals surface area contributed by atoms with Gasteiger partial charge in [0.15, 0.2) is 5.75 Å². The van der Waals surface area contributed by atoms with Gasteiger partial charge in [-0.2, -0.15) is 0 Å². The van der Waals surface area contributed by atoms with Crippen molar-refractivity contribution in [2.24, 2.45) is 5.92 Å². The summed E-state index contributed by atoms with van der Waals surface area (Å²) in [6.45, 7) is 5.71. The number of benzene rings is 2. The maximum atomic E-state index is 13.1. The summed E-state index contributed by atoms with van der Waals surface area (Å²) in [5.74, 6) is -0.358. The fraction of sp³-hybridized carbons (Fsp3) is 0.350. The first kappa shape index (κ1) is 21.3. The molecule has 0 bridgehead atoms. The summed E-state index contributed by atoms with van der Waals surface area (Å²) in [5.41, 5.74) is 1.72. The molecule has 7 nitrogen and oxygen atoms in total. The molecule has 0 aliphatic rings. The molecule has 2 aromatic carbocycles. The van der Waals surface area contributed by atoms with Crippen molar-refractivity contribution in [3.63, 3.8) is 0 Å². The van der Waals surface area contributed by atoms with Crippen LogP contribution in [-0.4, -0.2) is 24.5 Å². The number of aryl methyl sites for hydroxylation is 1. The topological polar surface area (TPSA) is 93.5 Å². The number of nitro benzene ring substituents is 1. The molecule has 0 saturated carbocycles. The van der Waals surface area contributed by atoms with Crippen LogP contribution in [0.3, 0.4) is 0 Å². The third-order valence-electron chi connectivity index (χ3n) is 4.37. The molecule has 2 aromatic rings. The number of carbonyl (C=O) groups is 1. The number of hydrogen-bond donors (Lipinski definition) is 2. The first-order valence-corrected chi connectivity index (χ1v) is 8.84. The number of anilines is 1. The van der Waals surface area contributed by atoms with Gasteiger partial charge < -0.3 is 15.4 Å².